The SMILES string of the molecule is CC1=CC(c2ccc(O)cc2F)=N[N]1. The number of phenolic OH excluding ortho intramolecular Hbond substituents is 1. The van der Waals surface area contributed by atoms with Gasteiger partial charge in [-0.1, -0.05) is 0 Å². The van der Waals surface area contributed by atoms with E-state index < -0.39 is 5.82 Å². The summed E-state index contributed by atoms with van der Waals surface area (Å²) in [6, 6.07) is 3.95. The second kappa shape index (κ2) is 3.14. The Hall–Kier alpha value is -1.84. The number of benzene rings is 1. The lowest BCUT2D eigenvalue weighted by Crippen LogP contribution is -1.98. The van der Waals surface area contributed by atoms with Gasteiger partial charge in [-0.25, -0.2) is 4.39 Å². The highest BCUT2D eigenvalue weighted by Gasteiger charge is 2.13. The van der Waals surface area contributed by atoms with Gasteiger partial charge in [-0.05, 0) is 25.1 Å². The van der Waals surface area contributed by atoms with Crippen molar-refractivity contribution in [2.24, 2.45) is 5.10 Å². The van der Waals surface area contributed by atoms with Gasteiger partial charge in [0.05, 0.1) is 11.4 Å². The average molecular weight is 191 g/mol. The number of hydrogen-bond acceptors (Lipinski definition) is 2. The van der Waals surface area contributed by atoms with E-state index in [1.165, 1.54) is 12.1 Å². The molecule has 14 heavy (non-hydrogen) atoms. The van der Waals surface area contributed by atoms with Gasteiger partial charge in [0.2, 0.25) is 0 Å². The lowest BCUT2D eigenvalue weighted by atomic mass is 10.1. The van der Waals surface area contributed by atoms with Crippen LogP contribution in [-0.2, 0) is 0 Å². The highest BCUT2D eigenvalue weighted by molar-refractivity contribution is 6.10. The van der Waals surface area contributed by atoms with Crippen molar-refractivity contribution in [1.82, 2.24) is 5.43 Å². The van der Waals surface area contributed by atoms with Gasteiger partial charge in [0.1, 0.15) is 11.6 Å². The monoisotopic (exact) mass is 191 g/mol. The lowest BCUT2D eigenvalue weighted by Gasteiger charge is -1.99. The van der Waals surface area contributed by atoms with Crippen molar-refractivity contribution >= 4 is 5.71 Å². The third-order valence-corrected chi connectivity index (χ3v) is 1.89. The molecule has 0 saturated carbocycles. The van der Waals surface area contributed by atoms with E-state index in [0.717, 1.165) is 11.8 Å². The molecule has 0 bridgehead atoms. The molecule has 1 heterocycles. The molecule has 1 aliphatic rings. The van der Waals surface area contributed by atoms with Crippen molar-refractivity contribution in [3.05, 3.63) is 41.4 Å². The molecule has 0 fully saturated rings. The Balaban J connectivity index is 2.43. The summed E-state index contributed by atoms with van der Waals surface area (Å²) in [4.78, 5) is 0. The lowest BCUT2D eigenvalue weighted by molar-refractivity contribution is 0.469. The maximum absolute atomic E-state index is 13.3. The minimum Gasteiger partial charge on any atom is -0.508 e. The van der Waals surface area contributed by atoms with E-state index in [9.17, 15) is 4.39 Å². The molecular formula is C10H8FN2O. The molecule has 1 aliphatic heterocycles. The Morgan fingerprint density at radius 2 is 2.14 bits per heavy atom. The van der Waals surface area contributed by atoms with E-state index in [2.05, 4.69) is 10.5 Å². The maximum Gasteiger partial charge on any atom is 0.136 e. The molecule has 1 N–H and O–H groups in total. The molecule has 0 spiro atoms. The number of aromatic hydroxyl groups is 1. The zero-order valence-corrected chi connectivity index (χ0v) is 7.53. The minimum atomic E-state index is -0.495. The van der Waals surface area contributed by atoms with E-state index in [-0.39, 0.29) is 5.75 Å². The van der Waals surface area contributed by atoms with E-state index >= 15 is 0 Å². The molecule has 2 rings (SSSR count). The summed E-state index contributed by atoms with van der Waals surface area (Å²) in [6.07, 6.45) is 1.69. The molecular weight excluding hydrogens is 183 g/mol. The van der Waals surface area contributed by atoms with Crippen LogP contribution in [-0.4, -0.2) is 10.8 Å². The number of nitrogens with zero attached hydrogens (tertiary/aromatic N) is 2. The molecule has 0 saturated heterocycles. The third-order valence-electron chi connectivity index (χ3n) is 1.89. The summed E-state index contributed by atoms with van der Waals surface area (Å²) >= 11 is 0. The molecule has 0 unspecified atom stereocenters. The Morgan fingerprint density at radius 3 is 2.71 bits per heavy atom. The second-order valence-corrected chi connectivity index (χ2v) is 3.04. The van der Waals surface area contributed by atoms with E-state index in [0.29, 0.717) is 11.3 Å². The fraction of sp³-hybridized carbons (Fsp3) is 0.100. The van der Waals surface area contributed by atoms with Gasteiger partial charge < -0.3 is 5.11 Å². The minimum absolute atomic E-state index is 0.0949. The normalized spacial score (nSPS) is 14.7. The van der Waals surface area contributed by atoms with Gasteiger partial charge in [-0.2, -0.15) is 10.5 Å². The first-order valence-corrected chi connectivity index (χ1v) is 4.13. The topological polar surface area (TPSA) is 46.7 Å². The summed E-state index contributed by atoms with van der Waals surface area (Å²) in [5.74, 6) is -0.590. The van der Waals surface area contributed by atoms with Crippen molar-refractivity contribution < 1.29 is 9.50 Å². The van der Waals surface area contributed by atoms with Crippen molar-refractivity contribution in [3.63, 3.8) is 0 Å². The molecule has 71 valence electrons. The van der Waals surface area contributed by atoms with Crippen LogP contribution in [0.25, 0.3) is 0 Å². The predicted octanol–water partition coefficient (Wildman–Crippen LogP) is 1.76. The fourth-order valence-electron chi connectivity index (χ4n) is 1.23. The van der Waals surface area contributed by atoms with Gasteiger partial charge >= 0.3 is 0 Å². The highest BCUT2D eigenvalue weighted by atomic mass is 19.1. The van der Waals surface area contributed by atoms with Crippen LogP contribution in [0.15, 0.2) is 35.1 Å². The molecule has 0 aromatic heterocycles. The largest absolute Gasteiger partial charge is 0.508 e. The molecule has 3 nitrogen and oxygen atoms in total. The average Bonchev–Trinajstić information content (AvgIpc) is 2.51. The zero-order valence-electron chi connectivity index (χ0n) is 7.53. The Bertz CT molecular complexity index is 438. The van der Waals surface area contributed by atoms with Crippen molar-refractivity contribution in [3.8, 4) is 5.75 Å². The maximum atomic E-state index is 13.3. The van der Waals surface area contributed by atoms with Gasteiger partial charge in [-0.15, -0.1) is 0 Å². The second-order valence-electron chi connectivity index (χ2n) is 3.04. The molecule has 1 aromatic rings. The van der Waals surface area contributed by atoms with Gasteiger partial charge in [-0.3, -0.25) is 0 Å². The van der Waals surface area contributed by atoms with Crippen LogP contribution >= 0.6 is 0 Å². The van der Waals surface area contributed by atoms with Crippen LogP contribution in [0.4, 0.5) is 4.39 Å². The van der Waals surface area contributed by atoms with Crippen molar-refractivity contribution in [1.29, 1.82) is 0 Å². The van der Waals surface area contributed by atoms with Crippen LogP contribution in [0.1, 0.15) is 12.5 Å². The fourth-order valence-corrected chi connectivity index (χ4v) is 1.23. The summed E-state index contributed by atoms with van der Waals surface area (Å²) in [5, 5.41) is 12.8. The standard InChI is InChI=1S/C10H8FN2O/c1-6-4-10(13-12-6)8-3-2-7(14)5-9(8)11/h2-5,14H,1H3. The smallest absolute Gasteiger partial charge is 0.136 e. The molecule has 1 radical (unpaired) electrons. The number of allylic oxidation sites excluding steroid dienone is 2. The van der Waals surface area contributed by atoms with Gasteiger partial charge in [0.25, 0.3) is 0 Å². The summed E-state index contributed by atoms with van der Waals surface area (Å²) in [6.45, 7) is 1.79. The van der Waals surface area contributed by atoms with Crippen LogP contribution in [0.3, 0.4) is 0 Å². The Kier molecular flexibility index (Phi) is 1.96. The first-order valence-electron chi connectivity index (χ1n) is 4.13. The predicted molar refractivity (Wildman–Crippen MR) is 50.5 cm³/mol. The summed E-state index contributed by atoms with van der Waals surface area (Å²) in [7, 11) is 0. The number of phenols is 1. The van der Waals surface area contributed by atoms with E-state index in [1.807, 2.05) is 0 Å². The van der Waals surface area contributed by atoms with Crippen LogP contribution < -0.4 is 5.43 Å². The zero-order chi connectivity index (χ0) is 10.1. The molecule has 0 amide bonds. The third kappa shape index (κ3) is 1.46. The summed E-state index contributed by atoms with van der Waals surface area (Å²) in [5.41, 5.74) is 5.36. The van der Waals surface area contributed by atoms with Crippen molar-refractivity contribution in [2.45, 2.75) is 6.92 Å². The first kappa shape index (κ1) is 8.74. The van der Waals surface area contributed by atoms with Gasteiger partial charge in [0.15, 0.2) is 0 Å². The summed E-state index contributed by atoms with van der Waals surface area (Å²) < 4.78 is 13.3. The Morgan fingerprint density at radius 1 is 1.36 bits per heavy atom. The molecule has 0 atom stereocenters. The van der Waals surface area contributed by atoms with Crippen LogP contribution in [0.2, 0.25) is 0 Å². The van der Waals surface area contributed by atoms with Gasteiger partial charge in [0, 0.05) is 11.6 Å². The number of halogens is 1. The molecule has 1 aromatic carbocycles. The van der Waals surface area contributed by atoms with Crippen LogP contribution in [0.5, 0.6) is 5.75 Å². The van der Waals surface area contributed by atoms with E-state index in [4.69, 9.17) is 5.11 Å². The molecule has 4 heteroatoms. The molecule has 0 aliphatic carbocycles. The highest BCUT2D eigenvalue weighted by Crippen LogP contribution is 2.18. The number of hydrogen-bond donors (Lipinski definition) is 1. The van der Waals surface area contributed by atoms with E-state index in [1.54, 1.807) is 13.0 Å². The van der Waals surface area contributed by atoms with Crippen molar-refractivity contribution in [2.75, 3.05) is 0 Å². The van der Waals surface area contributed by atoms with Crippen LogP contribution in [0, 0.1) is 5.82 Å². The number of rotatable bonds is 1. The first-order chi connectivity index (χ1) is 6.66. The quantitative estimate of drug-likeness (QED) is 0.722. The Labute approximate surface area is 80.6 Å².